The van der Waals surface area contributed by atoms with Gasteiger partial charge in [-0.15, -0.1) is 0 Å². The van der Waals surface area contributed by atoms with Crippen molar-refractivity contribution in [1.82, 2.24) is 4.57 Å². The number of carbonyl (C=O) groups is 2. The predicted molar refractivity (Wildman–Crippen MR) is 121 cm³/mol. The second-order valence-corrected chi connectivity index (χ2v) is 7.43. The first kappa shape index (κ1) is 22.4. The summed E-state index contributed by atoms with van der Waals surface area (Å²) >= 11 is 0. The van der Waals surface area contributed by atoms with Crippen molar-refractivity contribution >= 4 is 22.8 Å². The summed E-state index contributed by atoms with van der Waals surface area (Å²) in [6, 6.07) is 16.2. The number of benzene rings is 2. The van der Waals surface area contributed by atoms with Crippen molar-refractivity contribution in [2.24, 2.45) is 5.73 Å². The van der Waals surface area contributed by atoms with Crippen LogP contribution in [-0.4, -0.2) is 29.7 Å². The van der Waals surface area contributed by atoms with Gasteiger partial charge in [0.2, 0.25) is 5.91 Å². The Bertz CT molecular complexity index is 1040. The quantitative estimate of drug-likeness (QED) is 0.374. The maximum atomic E-state index is 11.8. The molecule has 0 fully saturated rings. The van der Waals surface area contributed by atoms with E-state index in [9.17, 15) is 9.59 Å². The molecule has 0 saturated carbocycles. The molecule has 6 heteroatoms. The van der Waals surface area contributed by atoms with Crippen molar-refractivity contribution in [2.45, 2.75) is 46.1 Å². The Labute approximate surface area is 182 Å². The molecular weight excluding hydrogens is 392 g/mol. The molecule has 164 valence electrons. The minimum atomic E-state index is -0.376. The fourth-order valence-corrected chi connectivity index (χ4v) is 3.92. The third-order valence-electron chi connectivity index (χ3n) is 5.23. The number of esters is 1. The second-order valence-electron chi connectivity index (χ2n) is 7.43. The summed E-state index contributed by atoms with van der Waals surface area (Å²) in [7, 11) is 0. The van der Waals surface area contributed by atoms with Crippen molar-refractivity contribution in [3.8, 4) is 5.75 Å². The number of aromatic nitrogens is 1. The summed E-state index contributed by atoms with van der Waals surface area (Å²) < 4.78 is 12.8. The first-order valence-electron chi connectivity index (χ1n) is 10.8. The number of ether oxygens (including phenoxy) is 2. The zero-order valence-electron chi connectivity index (χ0n) is 18.2. The summed E-state index contributed by atoms with van der Waals surface area (Å²) in [4.78, 5) is 23.3. The molecule has 6 nitrogen and oxygen atoms in total. The second kappa shape index (κ2) is 10.7. The summed E-state index contributed by atoms with van der Waals surface area (Å²) in [5.41, 5.74) is 10.0. The Hall–Kier alpha value is -3.28. The molecule has 1 aromatic heterocycles. The highest BCUT2D eigenvalue weighted by atomic mass is 16.5. The number of nitrogens with zero attached hydrogens (tertiary/aromatic N) is 1. The van der Waals surface area contributed by atoms with Crippen molar-refractivity contribution in [2.75, 3.05) is 13.2 Å². The highest BCUT2D eigenvalue weighted by Crippen LogP contribution is 2.32. The van der Waals surface area contributed by atoms with E-state index >= 15 is 0 Å². The van der Waals surface area contributed by atoms with E-state index in [1.807, 2.05) is 41.0 Å². The lowest BCUT2D eigenvalue weighted by atomic mass is 10.0. The number of carbonyl (C=O) groups excluding carboxylic acids is 2. The van der Waals surface area contributed by atoms with Gasteiger partial charge in [-0.1, -0.05) is 37.3 Å². The van der Waals surface area contributed by atoms with Gasteiger partial charge in [0.15, 0.2) is 0 Å². The minimum Gasteiger partial charge on any atom is -0.494 e. The number of fused-ring (bicyclic) bond motifs is 1. The third kappa shape index (κ3) is 5.66. The van der Waals surface area contributed by atoms with Gasteiger partial charge in [0.1, 0.15) is 12.3 Å². The Morgan fingerprint density at radius 2 is 1.84 bits per heavy atom. The largest absolute Gasteiger partial charge is 0.494 e. The van der Waals surface area contributed by atoms with Crippen molar-refractivity contribution in [3.05, 3.63) is 65.4 Å². The van der Waals surface area contributed by atoms with Crippen LogP contribution in [0.15, 0.2) is 48.5 Å². The summed E-state index contributed by atoms with van der Waals surface area (Å²) in [6.45, 7) is 4.81. The van der Waals surface area contributed by atoms with Gasteiger partial charge in [0.25, 0.3) is 0 Å². The average molecular weight is 423 g/mol. The van der Waals surface area contributed by atoms with Gasteiger partial charge >= 0.3 is 5.97 Å². The van der Waals surface area contributed by atoms with Crippen LogP contribution in [0.4, 0.5) is 0 Å². The molecule has 31 heavy (non-hydrogen) atoms. The molecule has 0 unspecified atom stereocenters. The van der Waals surface area contributed by atoms with Crippen LogP contribution in [0.5, 0.6) is 5.75 Å². The monoisotopic (exact) mass is 422 g/mol. The van der Waals surface area contributed by atoms with Crippen LogP contribution >= 0.6 is 0 Å². The standard InChI is InChI=1S/C25H30N2O4/c1-3-22-21(15-18-9-6-5-7-10-18)20-13-12-19(16-23(20)27(22)17-24(26)28)31-14-8-11-25(29)30-4-2/h5-7,9-10,12-13,16H,3-4,8,11,14-15,17H2,1-2H3,(H2,26,28). The summed E-state index contributed by atoms with van der Waals surface area (Å²) in [5.74, 6) is 0.113. The molecule has 0 atom stereocenters. The molecule has 0 spiro atoms. The Balaban J connectivity index is 1.88. The van der Waals surface area contributed by atoms with Crippen molar-refractivity contribution < 1.29 is 19.1 Å². The van der Waals surface area contributed by atoms with Gasteiger partial charge in [0.05, 0.1) is 18.7 Å². The number of nitrogens with two attached hydrogens (primary N) is 1. The normalized spacial score (nSPS) is 10.9. The highest BCUT2D eigenvalue weighted by Gasteiger charge is 2.18. The van der Waals surface area contributed by atoms with Gasteiger partial charge < -0.3 is 19.8 Å². The van der Waals surface area contributed by atoms with Gasteiger partial charge in [0, 0.05) is 23.6 Å². The predicted octanol–water partition coefficient (Wildman–Crippen LogP) is 4.00. The summed E-state index contributed by atoms with van der Waals surface area (Å²) in [6.07, 6.45) is 2.49. The molecule has 2 aromatic carbocycles. The molecule has 3 aromatic rings. The van der Waals surface area contributed by atoms with Gasteiger partial charge in [-0.25, -0.2) is 0 Å². The average Bonchev–Trinajstić information content (AvgIpc) is 3.03. The van der Waals surface area contributed by atoms with Crippen LogP contribution in [0.1, 0.15) is 43.5 Å². The molecule has 0 aliphatic carbocycles. The lowest BCUT2D eigenvalue weighted by Crippen LogP contribution is -2.20. The van der Waals surface area contributed by atoms with Crippen LogP contribution in [0.3, 0.4) is 0 Å². The number of rotatable bonds is 11. The van der Waals surface area contributed by atoms with E-state index in [0.717, 1.165) is 29.4 Å². The van der Waals surface area contributed by atoms with Gasteiger partial charge in [-0.05, 0) is 49.4 Å². The van der Waals surface area contributed by atoms with Crippen LogP contribution in [0.2, 0.25) is 0 Å². The summed E-state index contributed by atoms with van der Waals surface area (Å²) in [5, 5.41) is 1.10. The lowest BCUT2D eigenvalue weighted by molar-refractivity contribution is -0.143. The third-order valence-corrected chi connectivity index (χ3v) is 5.23. The minimum absolute atomic E-state index is 0.126. The maximum absolute atomic E-state index is 11.8. The Morgan fingerprint density at radius 3 is 2.52 bits per heavy atom. The van der Waals surface area contributed by atoms with E-state index in [4.69, 9.17) is 15.2 Å². The van der Waals surface area contributed by atoms with E-state index in [1.54, 1.807) is 6.92 Å². The van der Waals surface area contributed by atoms with Gasteiger partial charge in [-0.3, -0.25) is 9.59 Å². The van der Waals surface area contributed by atoms with Gasteiger partial charge in [-0.2, -0.15) is 0 Å². The zero-order chi connectivity index (χ0) is 22.2. The molecule has 3 rings (SSSR count). The molecule has 1 amide bonds. The fraction of sp³-hybridized carbons (Fsp3) is 0.360. The molecule has 0 radical (unpaired) electrons. The topological polar surface area (TPSA) is 83.6 Å². The molecular formula is C25H30N2O4. The molecule has 0 bridgehead atoms. The fourth-order valence-electron chi connectivity index (χ4n) is 3.92. The van der Waals surface area contributed by atoms with E-state index in [1.165, 1.54) is 11.1 Å². The number of hydrogen-bond acceptors (Lipinski definition) is 4. The van der Waals surface area contributed by atoms with E-state index < -0.39 is 0 Å². The number of amides is 1. The highest BCUT2D eigenvalue weighted by molar-refractivity contribution is 5.89. The molecule has 0 saturated heterocycles. The van der Waals surface area contributed by atoms with Crippen LogP contribution in [0.25, 0.3) is 10.9 Å². The first-order valence-corrected chi connectivity index (χ1v) is 10.8. The smallest absolute Gasteiger partial charge is 0.305 e. The van der Waals surface area contributed by atoms with Crippen LogP contribution in [0, 0.1) is 0 Å². The molecule has 2 N–H and O–H groups in total. The Kier molecular flexibility index (Phi) is 7.70. The number of hydrogen-bond donors (Lipinski definition) is 1. The Morgan fingerprint density at radius 1 is 1.06 bits per heavy atom. The van der Waals surface area contributed by atoms with Crippen molar-refractivity contribution in [3.63, 3.8) is 0 Å². The molecule has 0 aliphatic heterocycles. The van der Waals surface area contributed by atoms with E-state index in [-0.39, 0.29) is 18.4 Å². The maximum Gasteiger partial charge on any atom is 0.305 e. The first-order chi connectivity index (χ1) is 15.0. The molecule has 1 heterocycles. The van der Waals surface area contributed by atoms with Crippen LogP contribution in [-0.2, 0) is 33.7 Å². The molecule has 0 aliphatic rings. The van der Waals surface area contributed by atoms with E-state index in [2.05, 4.69) is 19.1 Å². The zero-order valence-corrected chi connectivity index (χ0v) is 18.2. The van der Waals surface area contributed by atoms with Crippen molar-refractivity contribution in [1.29, 1.82) is 0 Å². The van der Waals surface area contributed by atoms with Crippen LogP contribution < -0.4 is 10.5 Å². The van der Waals surface area contributed by atoms with E-state index in [0.29, 0.717) is 31.8 Å². The SMILES string of the molecule is CCOC(=O)CCCOc1ccc2c(Cc3ccccc3)c(CC)n(CC(N)=O)c2c1. The lowest BCUT2D eigenvalue weighted by Gasteiger charge is -2.10. The number of primary amides is 1.